The molecule has 1 saturated heterocycles. The van der Waals surface area contributed by atoms with E-state index >= 15 is 0 Å². The minimum absolute atomic E-state index is 0.0129. The first kappa shape index (κ1) is 11.1. The molecule has 2 unspecified atom stereocenters. The van der Waals surface area contributed by atoms with Gasteiger partial charge in [-0.1, -0.05) is 5.16 Å². The molecule has 0 spiro atoms. The summed E-state index contributed by atoms with van der Waals surface area (Å²) in [6.07, 6.45) is 1.50. The number of rotatable bonds is 1. The third-order valence-corrected chi connectivity index (χ3v) is 2.83. The zero-order valence-corrected chi connectivity index (χ0v) is 9.86. The normalized spacial score (nSPS) is 25.8. The summed E-state index contributed by atoms with van der Waals surface area (Å²) >= 11 is 0. The van der Waals surface area contributed by atoms with Crippen molar-refractivity contribution in [3.05, 3.63) is 17.5 Å². The van der Waals surface area contributed by atoms with Gasteiger partial charge in [-0.2, -0.15) is 0 Å². The molecule has 88 valence electrons. The van der Waals surface area contributed by atoms with E-state index in [1.807, 2.05) is 4.90 Å². The second kappa shape index (κ2) is 4.25. The molecule has 0 aliphatic carbocycles. The number of hydrogen-bond acceptors (Lipinski definition) is 4. The number of aromatic nitrogens is 1. The molecule has 0 bridgehead atoms. The summed E-state index contributed by atoms with van der Waals surface area (Å²) in [6, 6.07) is 0.653. The maximum absolute atomic E-state index is 12.2. The highest BCUT2D eigenvalue weighted by Gasteiger charge is 2.27. The Morgan fingerprint density at radius 2 is 2.12 bits per heavy atom. The predicted octanol–water partition coefficient (Wildman–Crippen LogP) is 0.805. The van der Waals surface area contributed by atoms with Crippen LogP contribution in [0.4, 0.5) is 0 Å². The number of carbonyl (C=O) groups is 1. The van der Waals surface area contributed by atoms with Crippen LogP contribution in [0.25, 0.3) is 0 Å². The average Bonchev–Trinajstić information content (AvgIpc) is 2.62. The van der Waals surface area contributed by atoms with Crippen LogP contribution in [0.5, 0.6) is 0 Å². The molecule has 2 rings (SSSR count). The summed E-state index contributed by atoms with van der Waals surface area (Å²) in [6.45, 7) is 7.38. The third-order valence-electron chi connectivity index (χ3n) is 2.83. The van der Waals surface area contributed by atoms with E-state index in [4.69, 9.17) is 4.52 Å². The predicted molar refractivity (Wildman–Crippen MR) is 59.2 cm³/mol. The largest absolute Gasteiger partial charge is 0.361 e. The van der Waals surface area contributed by atoms with Crippen LogP contribution in [-0.2, 0) is 0 Å². The number of aryl methyl sites for hydroxylation is 1. The smallest absolute Gasteiger partial charge is 0.259 e. The SMILES string of the molecule is Cc1oncc1C(=O)N1CC(C)NC(C)C1. The van der Waals surface area contributed by atoms with Crippen LogP contribution >= 0.6 is 0 Å². The van der Waals surface area contributed by atoms with Crippen molar-refractivity contribution in [3.8, 4) is 0 Å². The van der Waals surface area contributed by atoms with Gasteiger partial charge in [-0.15, -0.1) is 0 Å². The first-order valence-corrected chi connectivity index (χ1v) is 5.54. The Morgan fingerprint density at radius 3 is 2.62 bits per heavy atom. The van der Waals surface area contributed by atoms with Crippen molar-refractivity contribution in [2.24, 2.45) is 0 Å². The monoisotopic (exact) mass is 223 g/mol. The summed E-state index contributed by atoms with van der Waals surface area (Å²) in [5.74, 6) is 0.600. The first-order valence-electron chi connectivity index (χ1n) is 5.54. The van der Waals surface area contributed by atoms with Crippen molar-refractivity contribution in [2.45, 2.75) is 32.9 Å². The number of amides is 1. The molecular weight excluding hydrogens is 206 g/mol. The topological polar surface area (TPSA) is 58.4 Å². The van der Waals surface area contributed by atoms with Gasteiger partial charge in [-0.05, 0) is 20.8 Å². The van der Waals surface area contributed by atoms with E-state index in [1.165, 1.54) is 6.20 Å². The van der Waals surface area contributed by atoms with Crippen molar-refractivity contribution in [2.75, 3.05) is 13.1 Å². The van der Waals surface area contributed by atoms with Crippen LogP contribution in [0.1, 0.15) is 30.0 Å². The Labute approximate surface area is 94.8 Å². The summed E-state index contributed by atoms with van der Waals surface area (Å²) in [5.41, 5.74) is 0.571. The molecule has 0 aromatic carbocycles. The summed E-state index contributed by atoms with van der Waals surface area (Å²) < 4.78 is 4.92. The maximum atomic E-state index is 12.2. The Kier molecular flexibility index (Phi) is 2.96. The number of hydrogen-bond donors (Lipinski definition) is 1. The van der Waals surface area contributed by atoms with Crippen molar-refractivity contribution in [1.82, 2.24) is 15.4 Å². The molecule has 16 heavy (non-hydrogen) atoms. The standard InChI is InChI=1S/C11H17N3O2/c1-7-5-14(6-8(2)13-7)11(15)10-4-12-16-9(10)3/h4,7-8,13H,5-6H2,1-3H3. The molecule has 1 aliphatic rings. The van der Waals surface area contributed by atoms with Gasteiger partial charge in [0.1, 0.15) is 11.3 Å². The summed E-state index contributed by atoms with van der Waals surface area (Å²) in [5, 5.41) is 7.03. The van der Waals surface area contributed by atoms with Crippen molar-refractivity contribution in [1.29, 1.82) is 0 Å². The van der Waals surface area contributed by atoms with Crippen LogP contribution in [0.15, 0.2) is 10.7 Å². The van der Waals surface area contributed by atoms with Crippen molar-refractivity contribution >= 4 is 5.91 Å². The van der Waals surface area contributed by atoms with Crippen LogP contribution < -0.4 is 5.32 Å². The Morgan fingerprint density at radius 1 is 1.50 bits per heavy atom. The average molecular weight is 223 g/mol. The zero-order chi connectivity index (χ0) is 11.7. The fourth-order valence-corrected chi connectivity index (χ4v) is 2.17. The third kappa shape index (κ3) is 2.09. The van der Waals surface area contributed by atoms with Gasteiger partial charge >= 0.3 is 0 Å². The van der Waals surface area contributed by atoms with E-state index in [0.717, 1.165) is 13.1 Å². The fourth-order valence-electron chi connectivity index (χ4n) is 2.17. The van der Waals surface area contributed by atoms with E-state index in [9.17, 15) is 4.79 Å². The second-order valence-electron chi connectivity index (χ2n) is 4.47. The first-order chi connectivity index (χ1) is 7.58. The number of piperazine rings is 1. The van der Waals surface area contributed by atoms with Gasteiger partial charge in [-0.25, -0.2) is 0 Å². The molecule has 0 saturated carbocycles. The van der Waals surface area contributed by atoms with Gasteiger partial charge in [0, 0.05) is 25.2 Å². The van der Waals surface area contributed by atoms with Gasteiger partial charge in [-0.3, -0.25) is 4.79 Å². The summed E-state index contributed by atoms with van der Waals surface area (Å²) in [4.78, 5) is 14.0. The molecule has 0 radical (unpaired) electrons. The molecule has 2 heterocycles. The van der Waals surface area contributed by atoms with Crippen molar-refractivity contribution in [3.63, 3.8) is 0 Å². The number of carbonyl (C=O) groups excluding carboxylic acids is 1. The van der Waals surface area contributed by atoms with Crippen LogP contribution in [0, 0.1) is 6.92 Å². The van der Waals surface area contributed by atoms with E-state index in [-0.39, 0.29) is 5.91 Å². The number of nitrogens with zero attached hydrogens (tertiary/aromatic N) is 2. The lowest BCUT2D eigenvalue weighted by atomic mass is 10.1. The van der Waals surface area contributed by atoms with Gasteiger partial charge in [0.05, 0.1) is 6.20 Å². The minimum Gasteiger partial charge on any atom is -0.361 e. The van der Waals surface area contributed by atoms with Crippen molar-refractivity contribution < 1.29 is 9.32 Å². The highest BCUT2D eigenvalue weighted by Crippen LogP contribution is 2.13. The van der Waals surface area contributed by atoms with Crippen LogP contribution in [0.2, 0.25) is 0 Å². The van der Waals surface area contributed by atoms with E-state index in [0.29, 0.717) is 23.4 Å². The molecule has 5 nitrogen and oxygen atoms in total. The zero-order valence-electron chi connectivity index (χ0n) is 9.86. The van der Waals surface area contributed by atoms with Gasteiger partial charge < -0.3 is 14.7 Å². The van der Waals surface area contributed by atoms with E-state index in [2.05, 4.69) is 24.3 Å². The van der Waals surface area contributed by atoms with Crippen LogP contribution in [-0.4, -0.2) is 41.1 Å². The highest BCUT2D eigenvalue weighted by atomic mass is 16.5. The molecule has 1 N–H and O–H groups in total. The molecule has 5 heteroatoms. The van der Waals surface area contributed by atoms with Gasteiger partial charge in [0.2, 0.25) is 0 Å². The molecule has 1 aromatic rings. The molecule has 1 amide bonds. The molecular formula is C11H17N3O2. The quantitative estimate of drug-likeness (QED) is 0.765. The lowest BCUT2D eigenvalue weighted by molar-refractivity contribution is 0.0672. The maximum Gasteiger partial charge on any atom is 0.259 e. The minimum atomic E-state index is 0.0129. The summed E-state index contributed by atoms with van der Waals surface area (Å²) in [7, 11) is 0. The van der Waals surface area contributed by atoms with Gasteiger partial charge in [0.15, 0.2) is 0 Å². The Bertz CT molecular complexity index is 378. The Balaban J connectivity index is 2.13. The molecule has 2 atom stereocenters. The lowest BCUT2D eigenvalue weighted by Crippen LogP contribution is -2.55. The lowest BCUT2D eigenvalue weighted by Gasteiger charge is -2.35. The number of nitrogens with one attached hydrogen (secondary N) is 1. The highest BCUT2D eigenvalue weighted by molar-refractivity contribution is 5.94. The van der Waals surface area contributed by atoms with E-state index in [1.54, 1.807) is 6.92 Å². The van der Waals surface area contributed by atoms with Crippen LogP contribution in [0.3, 0.4) is 0 Å². The van der Waals surface area contributed by atoms with E-state index < -0.39 is 0 Å². The second-order valence-corrected chi connectivity index (χ2v) is 4.47. The fraction of sp³-hybridized carbons (Fsp3) is 0.636. The molecule has 1 aromatic heterocycles. The molecule has 1 fully saturated rings. The van der Waals surface area contributed by atoms with Gasteiger partial charge in [0.25, 0.3) is 5.91 Å². The Hall–Kier alpha value is -1.36. The molecule has 1 aliphatic heterocycles.